The predicted octanol–water partition coefficient (Wildman–Crippen LogP) is 3.49. The number of amides is 1. The van der Waals surface area contributed by atoms with E-state index in [1.807, 2.05) is 37.3 Å². The Morgan fingerprint density at radius 3 is 2.29 bits per heavy atom. The van der Waals surface area contributed by atoms with Crippen molar-refractivity contribution in [3.63, 3.8) is 0 Å². The summed E-state index contributed by atoms with van der Waals surface area (Å²) in [6.07, 6.45) is 1.72. The van der Waals surface area contributed by atoms with E-state index in [9.17, 15) is 17.6 Å². The number of nitrogens with one attached hydrogen (secondary N) is 1. The molecule has 3 rings (SSSR count). The van der Waals surface area contributed by atoms with Crippen molar-refractivity contribution >= 4 is 15.9 Å². The van der Waals surface area contributed by atoms with Crippen LogP contribution in [-0.2, 0) is 14.8 Å². The van der Waals surface area contributed by atoms with Crippen LogP contribution in [-0.4, -0.2) is 31.7 Å². The second-order valence-electron chi connectivity index (χ2n) is 7.01. The highest BCUT2D eigenvalue weighted by atomic mass is 32.2. The molecular formula is C21H25FN2O3S. The predicted molar refractivity (Wildman–Crippen MR) is 105 cm³/mol. The van der Waals surface area contributed by atoms with Gasteiger partial charge in [0, 0.05) is 19.0 Å². The summed E-state index contributed by atoms with van der Waals surface area (Å²) in [5.74, 6) is -0.717. The van der Waals surface area contributed by atoms with Crippen LogP contribution in [0.4, 0.5) is 4.39 Å². The molecule has 2 aromatic carbocycles. The smallest absolute Gasteiger partial charge is 0.243 e. The molecule has 0 aromatic heterocycles. The maximum Gasteiger partial charge on any atom is 0.243 e. The molecule has 7 heteroatoms. The van der Waals surface area contributed by atoms with Gasteiger partial charge in [-0.3, -0.25) is 4.79 Å². The highest BCUT2D eigenvalue weighted by Crippen LogP contribution is 2.25. The minimum absolute atomic E-state index is 0.0328. The molecule has 0 spiro atoms. The lowest BCUT2D eigenvalue weighted by Crippen LogP contribution is -2.43. The first-order valence-corrected chi connectivity index (χ1v) is 11.0. The van der Waals surface area contributed by atoms with Crippen molar-refractivity contribution in [2.24, 2.45) is 5.92 Å². The van der Waals surface area contributed by atoms with Crippen molar-refractivity contribution in [2.45, 2.75) is 37.1 Å². The molecule has 1 atom stereocenters. The molecule has 0 bridgehead atoms. The third-order valence-electron chi connectivity index (χ3n) is 5.20. The quantitative estimate of drug-likeness (QED) is 0.801. The third-order valence-corrected chi connectivity index (χ3v) is 7.12. The van der Waals surface area contributed by atoms with Crippen molar-refractivity contribution in [3.05, 3.63) is 66.0 Å². The van der Waals surface area contributed by atoms with E-state index in [0.717, 1.165) is 24.1 Å². The average Bonchev–Trinajstić information content (AvgIpc) is 2.73. The topological polar surface area (TPSA) is 66.5 Å². The molecule has 1 aliphatic rings. The molecule has 5 nitrogen and oxygen atoms in total. The number of halogens is 1. The van der Waals surface area contributed by atoms with Gasteiger partial charge in [0.25, 0.3) is 0 Å². The van der Waals surface area contributed by atoms with Gasteiger partial charge in [0.2, 0.25) is 15.9 Å². The van der Waals surface area contributed by atoms with Crippen molar-refractivity contribution in [3.8, 4) is 0 Å². The van der Waals surface area contributed by atoms with Crippen LogP contribution >= 0.6 is 0 Å². The first-order chi connectivity index (χ1) is 13.4. The summed E-state index contributed by atoms with van der Waals surface area (Å²) < 4.78 is 39.8. The minimum Gasteiger partial charge on any atom is -0.349 e. The van der Waals surface area contributed by atoms with E-state index in [-0.39, 0.29) is 35.9 Å². The van der Waals surface area contributed by atoms with Gasteiger partial charge in [0.05, 0.1) is 10.9 Å². The number of carbonyl (C=O) groups is 1. The summed E-state index contributed by atoms with van der Waals surface area (Å²) in [7, 11) is -3.66. The van der Waals surface area contributed by atoms with E-state index in [1.54, 1.807) is 0 Å². The molecule has 1 heterocycles. The van der Waals surface area contributed by atoms with E-state index in [4.69, 9.17) is 0 Å². The second-order valence-corrected chi connectivity index (χ2v) is 8.95. The number of carbonyl (C=O) groups excluding carboxylic acids is 1. The molecule has 1 fully saturated rings. The fourth-order valence-corrected chi connectivity index (χ4v) is 4.98. The number of nitrogens with zero attached hydrogens (tertiary/aromatic N) is 1. The lowest BCUT2D eigenvalue weighted by molar-refractivity contribution is -0.126. The van der Waals surface area contributed by atoms with Gasteiger partial charge in [-0.25, -0.2) is 12.8 Å². The number of hydrogen-bond acceptors (Lipinski definition) is 3. The summed E-state index contributed by atoms with van der Waals surface area (Å²) in [4.78, 5) is 12.8. The third kappa shape index (κ3) is 4.59. The van der Waals surface area contributed by atoms with Gasteiger partial charge in [-0.15, -0.1) is 0 Å². The Morgan fingerprint density at radius 1 is 1.11 bits per heavy atom. The molecule has 0 radical (unpaired) electrons. The second kappa shape index (κ2) is 8.84. The van der Waals surface area contributed by atoms with Crippen LogP contribution in [0.3, 0.4) is 0 Å². The van der Waals surface area contributed by atoms with E-state index in [0.29, 0.717) is 12.8 Å². The summed E-state index contributed by atoms with van der Waals surface area (Å²) in [5, 5.41) is 3.10. The molecule has 1 N–H and O–H groups in total. The summed E-state index contributed by atoms with van der Waals surface area (Å²) >= 11 is 0. The van der Waals surface area contributed by atoms with Gasteiger partial charge in [0.15, 0.2) is 0 Å². The van der Waals surface area contributed by atoms with Gasteiger partial charge in [-0.1, -0.05) is 37.3 Å². The molecule has 2 aromatic rings. The molecule has 28 heavy (non-hydrogen) atoms. The van der Waals surface area contributed by atoms with Gasteiger partial charge in [-0.2, -0.15) is 4.31 Å². The lowest BCUT2D eigenvalue weighted by atomic mass is 9.96. The number of sulfonamides is 1. The largest absolute Gasteiger partial charge is 0.349 e. The van der Waals surface area contributed by atoms with Crippen LogP contribution in [0.5, 0.6) is 0 Å². The Bertz CT molecular complexity index is 893. The Balaban J connectivity index is 1.60. The zero-order valence-corrected chi connectivity index (χ0v) is 16.7. The molecule has 150 valence electrons. The van der Waals surface area contributed by atoms with E-state index in [2.05, 4.69) is 5.32 Å². The molecule has 0 saturated carbocycles. The van der Waals surface area contributed by atoms with Crippen LogP contribution in [0.2, 0.25) is 0 Å². The maximum absolute atomic E-state index is 13.1. The van der Waals surface area contributed by atoms with Crippen molar-refractivity contribution in [1.82, 2.24) is 9.62 Å². The monoisotopic (exact) mass is 404 g/mol. The fraction of sp³-hybridized carbons (Fsp3) is 0.381. The fourth-order valence-electron chi connectivity index (χ4n) is 3.51. The van der Waals surface area contributed by atoms with E-state index >= 15 is 0 Å². The number of hydrogen-bond donors (Lipinski definition) is 1. The molecule has 1 aliphatic heterocycles. The Labute approximate surface area is 165 Å². The zero-order valence-electron chi connectivity index (χ0n) is 15.8. The number of benzene rings is 2. The Kier molecular flexibility index (Phi) is 6.46. The minimum atomic E-state index is -3.66. The van der Waals surface area contributed by atoms with Gasteiger partial charge >= 0.3 is 0 Å². The SMILES string of the molecule is CC[C@H](NC(=O)C1CCN(S(=O)(=O)c2ccc(F)cc2)CC1)c1ccccc1. The average molecular weight is 405 g/mol. The highest BCUT2D eigenvalue weighted by Gasteiger charge is 2.32. The van der Waals surface area contributed by atoms with Crippen LogP contribution < -0.4 is 5.32 Å². The number of piperidine rings is 1. The lowest BCUT2D eigenvalue weighted by Gasteiger charge is -2.31. The summed E-state index contributed by atoms with van der Waals surface area (Å²) in [6.45, 7) is 2.58. The van der Waals surface area contributed by atoms with Crippen LogP contribution in [0.25, 0.3) is 0 Å². The highest BCUT2D eigenvalue weighted by molar-refractivity contribution is 7.89. The Hall–Kier alpha value is -2.25. The molecular weight excluding hydrogens is 379 g/mol. The maximum atomic E-state index is 13.1. The van der Waals surface area contributed by atoms with Gasteiger partial charge in [0.1, 0.15) is 5.82 Å². The normalized spacial score (nSPS) is 17.2. The summed E-state index contributed by atoms with van der Waals surface area (Å²) in [5.41, 5.74) is 1.06. The van der Waals surface area contributed by atoms with E-state index in [1.165, 1.54) is 16.4 Å². The molecule has 1 amide bonds. The van der Waals surface area contributed by atoms with Gasteiger partial charge < -0.3 is 5.32 Å². The van der Waals surface area contributed by atoms with Crippen LogP contribution in [0, 0.1) is 11.7 Å². The zero-order chi connectivity index (χ0) is 20.1. The Morgan fingerprint density at radius 2 is 1.71 bits per heavy atom. The number of rotatable bonds is 6. The van der Waals surface area contributed by atoms with E-state index < -0.39 is 15.8 Å². The van der Waals surface area contributed by atoms with Crippen molar-refractivity contribution < 1.29 is 17.6 Å². The first-order valence-electron chi connectivity index (χ1n) is 9.53. The van der Waals surface area contributed by atoms with Crippen molar-refractivity contribution in [2.75, 3.05) is 13.1 Å². The molecule has 0 unspecified atom stereocenters. The summed E-state index contributed by atoms with van der Waals surface area (Å²) in [6, 6.07) is 14.6. The van der Waals surface area contributed by atoms with Gasteiger partial charge in [-0.05, 0) is 49.1 Å². The van der Waals surface area contributed by atoms with Crippen LogP contribution in [0.1, 0.15) is 37.8 Å². The van der Waals surface area contributed by atoms with Crippen LogP contribution in [0.15, 0.2) is 59.5 Å². The molecule has 1 saturated heterocycles. The van der Waals surface area contributed by atoms with Crippen molar-refractivity contribution in [1.29, 1.82) is 0 Å². The molecule has 0 aliphatic carbocycles. The first kappa shape index (κ1) is 20.5. The standard InChI is InChI=1S/C21H25FN2O3S/c1-2-20(16-6-4-3-5-7-16)23-21(25)17-12-14-24(15-13-17)28(26,27)19-10-8-18(22)9-11-19/h3-11,17,20H,2,12-15H2,1H3,(H,23,25)/t20-/m0/s1.